The van der Waals surface area contributed by atoms with E-state index in [4.69, 9.17) is 14.7 Å². The van der Waals surface area contributed by atoms with Gasteiger partial charge in [0.25, 0.3) is 0 Å². The highest BCUT2D eigenvalue weighted by atomic mass is 16.5. The third-order valence-electron chi connectivity index (χ3n) is 7.61. The fourth-order valence-electron chi connectivity index (χ4n) is 5.86. The predicted octanol–water partition coefficient (Wildman–Crippen LogP) is 5.47. The Morgan fingerprint density at radius 3 is 1.97 bits per heavy atom. The van der Waals surface area contributed by atoms with Crippen molar-refractivity contribution in [3.8, 4) is 11.4 Å². The smallest absolute Gasteiger partial charge is 0.234 e. The van der Waals surface area contributed by atoms with Crippen molar-refractivity contribution in [3.05, 3.63) is 113 Å². The summed E-state index contributed by atoms with van der Waals surface area (Å²) in [5.41, 5.74) is 5.10. The minimum absolute atomic E-state index is 0.0985. The summed E-state index contributed by atoms with van der Waals surface area (Å²) in [7, 11) is 0. The maximum absolute atomic E-state index is 14.2. The normalized spacial score (nSPS) is 19.2. The topological polar surface area (TPSA) is 58.6 Å². The molecule has 0 bridgehead atoms. The van der Waals surface area contributed by atoms with Crippen molar-refractivity contribution in [1.29, 1.82) is 0 Å². The third kappa shape index (κ3) is 5.30. The third-order valence-corrected chi connectivity index (χ3v) is 7.61. The molecule has 6 heteroatoms. The monoisotopic (exact) mass is 518 g/mol. The molecule has 2 aliphatic rings. The highest BCUT2D eigenvalue weighted by Gasteiger charge is 2.34. The van der Waals surface area contributed by atoms with Gasteiger partial charge in [0.05, 0.1) is 30.4 Å². The van der Waals surface area contributed by atoms with Crippen LogP contribution in [-0.4, -0.2) is 52.6 Å². The lowest BCUT2D eigenvalue weighted by Gasteiger charge is -2.39. The molecule has 0 saturated carbocycles. The van der Waals surface area contributed by atoms with Gasteiger partial charge in [0.15, 0.2) is 5.82 Å². The molecule has 0 radical (unpaired) electrons. The quantitative estimate of drug-likeness (QED) is 0.351. The number of benzene rings is 3. The standard InChI is InChI=1S/C33H34N4O2/c1-23-20-37(21-24(2)39-23)32-28-22-36(19-18-29(28)34-31(35-32)27-16-10-5-11-17-27)33(38)30(25-12-6-3-7-13-25)26-14-8-4-9-15-26/h3-17,23-24,30H,18-22H2,1-2H3/t23-,24+. The number of ether oxygens (including phenoxy) is 1. The number of fused-ring (bicyclic) bond motifs is 1. The summed E-state index contributed by atoms with van der Waals surface area (Å²) in [6.45, 7) is 6.85. The number of hydrogen-bond donors (Lipinski definition) is 0. The second-order valence-electron chi connectivity index (χ2n) is 10.6. The Labute approximate surface area is 230 Å². The number of rotatable bonds is 5. The zero-order valence-electron chi connectivity index (χ0n) is 22.5. The second kappa shape index (κ2) is 11.0. The summed E-state index contributed by atoms with van der Waals surface area (Å²) >= 11 is 0. The molecule has 2 aliphatic heterocycles. The largest absolute Gasteiger partial charge is 0.372 e. The number of amides is 1. The van der Waals surface area contributed by atoms with Crippen molar-refractivity contribution in [1.82, 2.24) is 14.9 Å². The second-order valence-corrected chi connectivity index (χ2v) is 10.6. The number of morpholine rings is 1. The van der Waals surface area contributed by atoms with Crippen molar-refractivity contribution >= 4 is 11.7 Å². The Morgan fingerprint density at radius 1 is 0.821 bits per heavy atom. The number of anilines is 1. The van der Waals surface area contributed by atoms with Crippen molar-refractivity contribution in [3.63, 3.8) is 0 Å². The molecule has 0 aliphatic carbocycles. The summed E-state index contributed by atoms with van der Waals surface area (Å²) in [6, 6.07) is 30.3. The Morgan fingerprint density at radius 2 is 1.38 bits per heavy atom. The molecule has 3 heterocycles. The van der Waals surface area contributed by atoms with E-state index in [1.165, 1.54) is 0 Å². The van der Waals surface area contributed by atoms with Crippen LogP contribution in [0.15, 0.2) is 91.0 Å². The van der Waals surface area contributed by atoms with E-state index >= 15 is 0 Å². The van der Waals surface area contributed by atoms with Crippen LogP contribution >= 0.6 is 0 Å². The zero-order chi connectivity index (χ0) is 26.8. The lowest BCUT2D eigenvalue weighted by Crippen LogP contribution is -2.47. The van der Waals surface area contributed by atoms with E-state index in [9.17, 15) is 4.79 Å². The van der Waals surface area contributed by atoms with Gasteiger partial charge < -0.3 is 14.5 Å². The van der Waals surface area contributed by atoms with Crippen molar-refractivity contribution < 1.29 is 9.53 Å². The molecule has 0 spiro atoms. The van der Waals surface area contributed by atoms with Gasteiger partial charge in [-0.2, -0.15) is 0 Å². The Bertz CT molecular complexity index is 1380. The molecule has 6 rings (SSSR count). The minimum Gasteiger partial charge on any atom is -0.372 e. The van der Waals surface area contributed by atoms with Crippen LogP contribution in [-0.2, 0) is 22.5 Å². The van der Waals surface area contributed by atoms with Crippen LogP contribution in [0.1, 0.15) is 42.1 Å². The van der Waals surface area contributed by atoms with Crippen LogP contribution in [0.2, 0.25) is 0 Å². The van der Waals surface area contributed by atoms with Gasteiger partial charge in [-0.1, -0.05) is 91.0 Å². The molecule has 1 saturated heterocycles. The molecule has 0 unspecified atom stereocenters. The first-order valence-corrected chi connectivity index (χ1v) is 13.8. The van der Waals surface area contributed by atoms with Gasteiger partial charge in [0, 0.05) is 37.2 Å². The Kier molecular flexibility index (Phi) is 7.12. The average molecular weight is 519 g/mol. The summed E-state index contributed by atoms with van der Waals surface area (Å²) in [4.78, 5) is 28.7. The molecule has 198 valence electrons. The first-order chi connectivity index (χ1) is 19.1. The molecule has 39 heavy (non-hydrogen) atoms. The van der Waals surface area contributed by atoms with E-state index in [1.54, 1.807) is 0 Å². The Balaban J connectivity index is 1.39. The number of hydrogen-bond acceptors (Lipinski definition) is 5. The van der Waals surface area contributed by atoms with Crippen LogP contribution < -0.4 is 4.90 Å². The maximum atomic E-state index is 14.2. The molecule has 6 nitrogen and oxygen atoms in total. The van der Waals surface area contributed by atoms with Crippen molar-refractivity contribution in [2.45, 2.75) is 44.9 Å². The molecular formula is C33H34N4O2. The van der Waals surface area contributed by atoms with Crippen LogP contribution in [0, 0.1) is 0 Å². The van der Waals surface area contributed by atoms with Gasteiger partial charge in [-0.05, 0) is 25.0 Å². The van der Waals surface area contributed by atoms with Crippen molar-refractivity contribution in [2.24, 2.45) is 0 Å². The van der Waals surface area contributed by atoms with Gasteiger partial charge in [0.2, 0.25) is 5.91 Å². The zero-order valence-corrected chi connectivity index (χ0v) is 22.5. The molecule has 3 aromatic carbocycles. The van der Waals surface area contributed by atoms with E-state index in [0.717, 1.165) is 52.7 Å². The molecule has 0 N–H and O–H groups in total. The van der Waals surface area contributed by atoms with Crippen LogP contribution in [0.25, 0.3) is 11.4 Å². The number of carbonyl (C=O) groups is 1. The van der Waals surface area contributed by atoms with E-state index < -0.39 is 0 Å². The highest BCUT2D eigenvalue weighted by Crippen LogP contribution is 2.34. The molecule has 1 amide bonds. The lowest BCUT2D eigenvalue weighted by molar-refractivity contribution is -0.132. The molecule has 4 aromatic rings. The van der Waals surface area contributed by atoms with Gasteiger partial charge >= 0.3 is 0 Å². The SMILES string of the molecule is C[C@@H]1CN(c2nc(-c3ccccc3)nc3c2CN(C(=O)C(c2ccccc2)c2ccccc2)CC3)C[C@H](C)O1. The molecule has 2 atom stereocenters. The van der Waals surface area contributed by atoms with Crippen LogP contribution in [0.3, 0.4) is 0 Å². The lowest BCUT2D eigenvalue weighted by atomic mass is 9.89. The first-order valence-electron chi connectivity index (χ1n) is 13.8. The summed E-state index contributed by atoms with van der Waals surface area (Å²) < 4.78 is 6.04. The van der Waals surface area contributed by atoms with Gasteiger partial charge in [0.1, 0.15) is 5.82 Å². The summed E-state index contributed by atoms with van der Waals surface area (Å²) in [5.74, 6) is 1.42. The average Bonchev–Trinajstić information content (AvgIpc) is 2.97. The molecule has 1 aromatic heterocycles. The predicted molar refractivity (Wildman–Crippen MR) is 154 cm³/mol. The fourth-order valence-corrected chi connectivity index (χ4v) is 5.86. The molecular weight excluding hydrogens is 484 g/mol. The first kappa shape index (κ1) is 25.3. The van der Waals surface area contributed by atoms with Gasteiger partial charge in [-0.15, -0.1) is 0 Å². The van der Waals surface area contributed by atoms with E-state index in [2.05, 4.69) is 30.9 Å². The van der Waals surface area contributed by atoms with Crippen LogP contribution in [0.4, 0.5) is 5.82 Å². The van der Waals surface area contributed by atoms with E-state index in [0.29, 0.717) is 19.5 Å². The Hall–Kier alpha value is -4.03. The number of aromatic nitrogens is 2. The van der Waals surface area contributed by atoms with Gasteiger partial charge in [-0.25, -0.2) is 9.97 Å². The summed E-state index contributed by atoms with van der Waals surface area (Å²) in [6.07, 6.45) is 0.894. The number of nitrogens with zero attached hydrogens (tertiary/aromatic N) is 4. The van der Waals surface area contributed by atoms with Crippen molar-refractivity contribution in [2.75, 3.05) is 24.5 Å². The van der Waals surface area contributed by atoms with E-state index in [1.807, 2.05) is 83.8 Å². The maximum Gasteiger partial charge on any atom is 0.234 e. The fraction of sp³-hybridized carbons (Fsp3) is 0.303. The van der Waals surface area contributed by atoms with Gasteiger partial charge in [-0.3, -0.25) is 4.79 Å². The molecule has 1 fully saturated rings. The van der Waals surface area contributed by atoms with Crippen LogP contribution in [0.5, 0.6) is 0 Å². The van der Waals surface area contributed by atoms with E-state index in [-0.39, 0.29) is 24.0 Å². The summed E-state index contributed by atoms with van der Waals surface area (Å²) in [5, 5.41) is 0. The number of carbonyl (C=O) groups excluding carboxylic acids is 1. The minimum atomic E-state index is -0.356. The highest BCUT2D eigenvalue weighted by molar-refractivity contribution is 5.87.